The SMILES string of the molecule is CCc1cc(NC2=CN(Sc3ccc(NC(=O)C4CC4)cc3)Cc3nccn32)n[nH]1. The molecule has 8 nitrogen and oxygen atoms in total. The maximum Gasteiger partial charge on any atom is 0.227 e. The lowest BCUT2D eigenvalue weighted by Gasteiger charge is -2.26. The Labute approximate surface area is 178 Å². The molecule has 0 unspecified atom stereocenters. The lowest BCUT2D eigenvalue weighted by atomic mass is 10.3. The third-order valence-corrected chi connectivity index (χ3v) is 6.05. The Morgan fingerprint density at radius 2 is 2.13 bits per heavy atom. The van der Waals surface area contributed by atoms with E-state index in [1.165, 1.54) is 0 Å². The predicted octanol–water partition coefficient (Wildman–Crippen LogP) is 3.91. The third-order valence-electron chi connectivity index (χ3n) is 5.10. The summed E-state index contributed by atoms with van der Waals surface area (Å²) in [6.07, 6.45) is 8.72. The van der Waals surface area contributed by atoms with Gasteiger partial charge in [-0.1, -0.05) is 6.92 Å². The van der Waals surface area contributed by atoms with Crippen LogP contribution in [0.3, 0.4) is 0 Å². The fraction of sp³-hybridized carbons (Fsp3) is 0.286. The fourth-order valence-electron chi connectivity index (χ4n) is 3.27. The number of H-pyrrole nitrogens is 1. The fourth-order valence-corrected chi connectivity index (χ4v) is 4.13. The van der Waals surface area contributed by atoms with Crippen LogP contribution in [0.2, 0.25) is 0 Å². The van der Waals surface area contributed by atoms with E-state index in [2.05, 4.69) is 43.2 Å². The normalized spacial score (nSPS) is 15.5. The van der Waals surface area contributed by atoms with Gasteiger partial charge in [0.25, 0.3) is 0 Å². The van der Waals surface area contributed by atoms with Gasteiger partial charge in [0, 0.05) is 40.7 Å². The van der Waals surface area contributed by atoms with Gasteiger partial charge in [-0.3, -0.25) is 14.5 Å². The molecule has 9 heteroatoms. The van der Waals surface area contributed by atoms with E-state index in [1.54, 1.807) is 18.1 Å². The van der Waals surface area contributed by atoms with Crippen LogP contribution in [0.1, 0.15) is 31.3 Å². The summed E-state index contributed by atoms with van der Waals surface area (Å²) in [5, 5.41) is 13.7. The van der Waals surface area contributed by atoms with Gasteiger partial charge in [0.1, 0.15) is 11.6 Å². The van der Waals surface area contributed by atoms with Crippen LogP contribution in [-0.2, 0) is 17.8 Å². The van der Waals surface area contributed by atoms with Crippen molar-refractivity contribution in [2.75, 3.05) is 10.6 Å². The van der Waals surface area contributed by atoms with Gasteiger partial charge in [-0.25, -0.2) is 4.98 Å². The Bertz CT molecular complexity index is 1080. The van der Waals surface area contributed by atoms with E-state index < -0.39 is 0 Å². The van der Waals surface area contributed by atoms with E-state index in [4.69, 9.17) is 0 Å². The minimum atomic E-state index is 0.126. The molecule has 0 bridgehead atoms. The van der Waals surface area contributed by atoms with E-state index in [0.29, 0.717) is 6.54 Å². The molecule has 5 rings (SSSR count). The Hall–Kier alpha value is -3.20. The smallest absolute Gasteiger partial charge is 0.227 e. The summed E-state index contributed by atoms with van der Waals surface area (Å²) in [5.41, 5.74) is 1.92. The van der Waals surface area contributed by atoms with Crippen molar-refractivity contribution in [2.24, 2.45) is 5.92 Å². The summed E-state index contributed by atoms with van der Waals surface area (Å²) in [6.45, 7) is 2.77. The van der Waals surface area contributed by atoms with Gasteiger partial charge in [0.15, 0.2) is 5.82 Å². The average molecular weight is 422 g/mol. The Morgan fingerprint density at radius 3 is 2.87 bits per heavy atom. The molecule has 30 heavy (non-hydrogen) atoms. The number of benzene rings is 1. The largest absolute Gasteiger partial charge is 0.326 e. The topological polar surface area (TPSA) is 90.9 Å². The number of carbonyl (C=O) groups is 1. The summed E-state index contributed by atoms with van der Waals surface area (Å²) in [5.74, 6) is 2.95. The molecule has 0 spiro atoms. The van der Waals surface area contributed by atoms with Crippen LogP contribution in [0.15, 0.2) is 53.8 Å². The van der Waals surface area contributed by atoms with Crippen molar-refractivity contribution in [3.63, 3.8) is 0 Å². The number of aryl methyl sites for hydroxylation is 1. The van der Waals surface area contributed by atoms with Crippen LogP contribution < -0.4 is 10.6 Å². The molecule has 0 saturated heterocycles. The van der Waals surface area contributed by atoms with Crippen LogP contribution in [0.25, 0.3) is 5.82 Å². The highest BCUT2D eigenvalue weighted by molar-refractivity contribution is 7.97. The molecule has 0 radical (unpaired) electrons. The van der Waals surface area contributed by atoms with Crippen molar-refractivity contribution in [3.05, 3.63) is 60.4 Å². The van der Waals surface area contributed by atoms with Crippen molar-refractivity contribution in [3.8, 4) is 0 Å². The van der Waals surface area contributed by atoms with Gasteiger partial charge < -0.3 is 14.9 Å². The van der Waals surface area contributed by atoms with Crippen LogP contribution >= 0.6 is 11.9 Å². The van der Waals surface area contributed by atoms with E-state index in [9.17, 15) is 4.79 Å². The number of hydrogen-bond acceptors (Lipinski definition) is 6. The first kappa shape index (κ1) is 18.8. The number of imidazole rings is 1. The molecule has 3 aromatic rings. The summed E-state index contributed by atoms with van der Waals surface area (Å²) < 4.78 is 4.17. The van der Waals surface area contributed by atoms with E-state index in [1.807, 2.05) is 41.1 Å². The molecule has 1 aromatic carbocycles. The second-order valence-corrected chi connectivity index (χ2v) is 8.56. The minimum Gasteiger partial charge on any atom is -0.326 e. The van der Waals surface area contributed by atoms with E-state index >= 15 is 0 Å². The van der Waals surface area contributed by atoms with Gasteiger partial charge in [0.05, 0.1) is 12.7 Å². The number of nitrogens with one attached hydrogen (secondary N) is 3. The van der Waals surface area contributed by atoms with Crippen molar-refractivity contribution in [2.45, 2.75) is 37.6 Å². The predicted molar refractivity (Wildman–Crippen MR) is 117 cm³/mol. The number of amides is 1. The average Bonchev–Trinajstić information content (AvgIpc) is 3.33. The highest BCUT2D eigenvalue weighted by atomic mass is 32.2. The summed E-state index contributed by atoms with van der Waals surface area (Å²) >= 11 is 1.62. The number of rotatable bonds is 7. The maximum absolute atomic E-state index is 11.9. The molecule has 3 heterocycles. The highest BCUT2D eigenvalue weighted by Crippen LogP contribution is 2.32. The highest BCUT2D eigenvalue weighted by Gasteiger charge is 2.29. The molecule has 154 valence electrons. The van der Waals surface area contributed by atoms with Crippen LogP contribution in [-0.4, -0.2) is 30.0 Å². The zero-order valence-corrected chi connectivity index (χ0v) is 17.4. The van der Waals surface area contributed by atoms with Gasteiger partial charge in [0.2, 0.25) is 5.91 Å². The van der Waals surface area contributed by atoms with Crippen molar-refractivity contribution in [1.29, 1.82) is 0 Å². The van der Waals surface area contributed by atoms with Gasteiger partial charge in [-0.15, -0.1) is 0 Å². The Kier molecular flexibility index (Phi) is 4.96. The molecule has 2 aromatic heterocycles. The van der Waals surface area contributed by atoms with Crippen molar-refractivity contribution < 1.29 is 4.79 Å². The molecule has 0 atom stereocenters. The van der Waals surface area contributed by atoms with Crippen LogP contribution in [0, 0.1) is 5.92 Å². The minimum absolute atomic E-state index is 0.126. The number of nitrogens with zero attached hydrogens (tertiary/aromatic N) is 4. The lowest BCUT2D eigenvalue weighted by molar-refractivity contribution is -0.117. The third kappa shape index (κ3) is 4.06. The first-order chi connectivity index (χ1) is 14.7. The van der Waals surface area contributed by atoms with Gasteiger partial charge >= 0.3 is 0 Å². The first-order valence-electron chi connectivity index (χ1n) is 10.1. The van der Waals surface area contributed by atoms with Gasteiger partial charge in [-0.2, -0.15) is 5.10 Å². The molecular weight excluding hydrogens is 398 g/mol. The number of carbonyl (C=O) groups excluding carboxylic acids is 1. The number of anilines is 2. The first-order valence-corrected chi connectivity index (χ1v) is 10.9. The Balaban J connectivity index is 1.29. The number of hydrogen-bond donors (Lipinski definition) is 3. The lowest BCUT2D eigenvalue weighted by Crippen LogP contribution is -2.23. The number of aromatic nitrogens is 4. The van der Waals surface area contributed by atoms with Gasteiger partial charge in [-0.05, 0) is 55.5 Å². The molecular formula is C21H23N7OS. The van der Waals surface area contributed by atoms with Crippen molar-refractivity contribution in [1.82, 2.24) is 24.1 Å². The summed E-state index contributed by atoms with van der Waals surface area (Å²) in [6, 6.07) is 9.96. The monoisotopic (exact) mass is 421 g/mol. The zero-order valence-electron chi connectivity index (χ0n) is 16.6. The van der Waals surface area contributed by atoms with Crippen LogP contribution in [0.5, 0.6) is 0 Å². The number of aromatic amines is 1. The molecule has 3 N–H and O–H groups in total. The molecule has 1 amide bonds. The van der Waals surface area contributed by atoms with Crippen molar-refractivity contribution >= 4 is 35.2 Å². The maximum atomic E-state index is 11.9. The van der Waals surface area contributed by atoms with E-state index in [0.717, 1.165) is 53.0 Å². The second kappa shape index (κ2) is 7.91. The van der Waals surface area contributed by atoms with E-state index in [-0.39, 0.29) is 11.8 Å². The Morgan fingerprint density at radius 1 is 1.30 bits per heavy atom. The quantitative estimate of drug-likeness (QED) is 0.501. The number of fused-ring (bicyclic) bond motifs is 1. The zero-order chi connectivity index (χ0) is 20.5. The molecule has 1 aliphatic carbocycles. The molecule has 2 aliphatic rings. The van der Waals surface area contributed by atoms with Crippen LogP contribution in [0.4, 0.5) is 11.5 Å². The second-order valence-electron chi connectivity index (χ2n) is 7.44. The standard InChI is InChI=1S/C21H23N7OS/c1-2-15-11-18(26-25-15)24-20-13-27(12-19-22-9-10-28(19)20)30-17-7-5-16(6-8-17)23-21(29)14-3-4-14/h5-11,13-14H,2-4,12H2,1H3,(H,23,29)(H2,24,25,26). The summed E-state index contributed by atoms with van der Waals surface area (Å²) in [7, 11) is 0. The summed E-state index contributed by atoms with van der Waals surface area (Å²) in [4.78, 5) is 17.5. The molecule has 1 aliphatic heterocycles. The molecule has 1 saturated carbocycles. The molecule has 1 fully saturated rings.